The number of aryl methyl sites for hydroxylation is 2. The zero-order valence-corrected chi connectivity index (χ0v) is 16.7. The number of anilines is 1. The van der Waals surface area contributed by atoms with Crippen LogP contribution < -0.4 is 4.90 Å². The summed E-state index contributed by atoms with van der Waals surface area (Å²) in [5.41, 5.74) is 2.23. The topological polar surface area (TPSA) is 69.6 Å². The van der Waals surface area contributed by atoms with E-state index in [2.05, 4.69) is 14.9 Å². The SMILES string of the molecule is Cc1ccc(C2(O)CCN(C(=O)c3cc(C)nc(N4CCCCC4)n3)C2)cc1. The number of piperidine rings is 1. The lowest BCUT2D eigenvalue weighted by atomic mass is 9.92. The van der Waals surface area contributed by atoms with Crippen LogP contribution in [0.2, 0.25) is 0 Å². The number of aromatic nitrogens is 2. The molecule has 0 aliphatic carbocycles. The van der Waals surface area contributed by atoms with Crippen molar-refractivity contribution in [3.05, 3.63) is 52.8 Å². The maximum absolute atomic E-state index is 13.1. The van der Waals surface area contributed by atoms with Gasteiger partial charge in [0.05, 0.1) is 6.54 Å². The van der Waals surface area contributed by atoms with Gasteiger partial charge in [-0.3, -0.25) is 4.79 Å². The van der Waals surface area contributed by atoms with E-state index in [4.69, 9.17) is 0 Å². The molecule has 0 spiro atoms. The average molecular weight is 380 g/mol. The fourth-order valence-corrected chi connectivity index (χ4v) is 4.13. The standard InChI is InChI=1S/C22H28N4O2/c1-16-6-8-18(9-7-16)22(28)10-13-26(15-22)20(27)19-14-17(2)23-21(24-19)25-11-4-3-5-12-25/h6-9,14,28H,3-5,10-13,15H2,1-2H3. The molecule has 2 aliphatic heterocycles. The van der Waals surface area contributed by atoms with E-state index in [1.54, 1.807) is 11.0 Å². The van der Waals surface area contributed by atoms with Crippen LogP contribution in [0.15, 0.2) is 30.3 Å². The van der Waals surface area contributed by atoms with E-state index in [1.807, 2.05) is 38.1 Å². The van der Waals surface area contributed by atoms with Crippen molar-refractivity contribution in [3.8, 4) is 0 Å². The first-order valence-electron chi connectivity index (χ1n) is 10.1. The number of nitrogens with zero attached hydrogens (tertiary/aromatic N) is 4. The van der Waals surface area contributed by atoms with Gasteiger partial charge in [-0.05, 0) is 51.2 Å². The second kappa shape index (κ2) is 7.51. The summed E-state index contributed by atoms with van der Waals surface area (Å²) in [6.07, 6.45) is 4.04. The van der Waals surface area contributed by atoms with Crippen LogP contribution in [-0.4, -0.2) is 52.1 Å². The quantitative estimate of drug-likeness (QED) is 0.887. The molecule has 1 aromatic carbocycles. The molecule has 2 aromatic rings. The minimum atomic E-state index is -0.999. The normalized spacial score (nSPS) is 22.5. The molecule has 148 valence electrons. The van der Waals surface area contributed by atoms with Crippen molar-refractivity contribution in [2.24, 2.45) is 0 Å². The molecule has 0 bridgehead atoms. The maximum Gasteiger partial charge on any atom is 0.272 e. The molecule has 28 heavy (non-hydrogen) atoms. The lowest BCUT2D eigenvalue weighted by Gasteiger charge is -2.27. The van der Waals surface area contributed by atoms with Gasteiger partial charge in [0, 0.05) is 25.3 Å². The third kappa shape index (κ3) is 3.74. The van der Waals surface area contributed by atoms with Crippen molar-refractivity contribution in [2.45, 2.75) is 45.1 Å². The number of hydrogen-bond acceptors (Lipinski definition) is 5. The van der Waals surface area contributed by atoms with Crippen LogP contribution >= 0.6 is 0 Å². The minimum absolute atomic E-state index is 0.133. The average Bonchev–Trinajstić information content (AvgIpc) is 3.11. The van der Waals surface area contributed by atoms with Crippen LogP contribution in [-0.2, 0) is 5.60 Å². The summed E-state index contributed by atoms with van der Waals surface area (Å²) < 4.78 is 0. The summed E-state index contributed by atoms with van der Waals surface area (Å²) in [7, 11) is 0. The summed E-state index contributed by atoms with van der Waals surface area (Å²) in [5.74, 6) is 0.517. The Bertz CT molecular complexity index is 861. The van der Waals surface area contributed by atoms with Crippen LogP contribution in [0.1, 0.15) is 53.0 Å². The first-order valence-corrected chi connectivity index (χ1v) is 10.1. The summed E-state index contributed by atoms with van der Waals surface area (Å²) >= 11 is 0. The molecule has 0 saturated carbocycles. The summed E-state index contributed by atoms with van der Waals surface area (Å²) in [6, 6.07) is 9.64. The number of amides is 1. The molecule has 1 aromatic heterocycles. The Kier molecular flexibility index (Phi) is 5.06. The summed E-state index contributed by atoms with van der Waals surface area (Å²) in [6.45, 7) is 6.61. The van der Waals surface area contributed by atoms with Crippen LogP contribution in [0.25, 0.3) is 0 Å². The van der Waals surface area contributed by atoms with E-state index in [0.717, 1.165) is 42.8 Å². The van der Waals surface area contributed by atoms with Gasteiger partial charge >= 0.3 is 0 Å². The van der Waals surface area contributed by atoms with Gasteiger partial charge in [0.1, 0.15) is 11.3 Å². The predicted molar refractivity (Wildman–Crippen MR) is 108 cm³/mol. The zero-order valence-electron chi connectivity index (χ0n) is 16.7. The van der Waals surface area contributed by atoms with Gasteiger partial charge < -0.3 is 14.9 Å². The number of carbonyl (C=O) groups excluding carboxylic acids is 1. The highest BCUT2D eigenvalue weighted by Gasteiger charge is 2.40. The third-order valence-corrected chi connectivity index (χ3v) is 5.82. The molecule has 6 heteroatoms. The number of benzene rings is 1. The Balaban J connectivity index is 1.53. The van der Waals surface area contributed by atoms with Gasteiger partial charge in [-0.25, -0.2) is 9.97 Å². The van der Waals surface area contributed by atoms with Crippen molar-refractivity contribution in [1.82, 2.24) is 14.9 Å². The van der Waals surface area contributed by atoms with Gasteiger partial charge in [-0.15, -0.1) is 0 Å². The van der Waals surface area contributed by atoms with E-state index in [0.29, 0.717) is 24.6 Å². The zero-order chi connectivity index (χ0) is 19.7. The van der Waals surface area contributed by atoms with E-state index in [9.17, 15) is 9.90 Å². The van der Waals surface area contributed by atoms with Gasteiger partial charge in [0.2, 0.25) is 5.95 Å². The van der Waals surface area contributed by atoms with Gasteiger partial charge in [-0.1, -0.05) is 29.8 Å². The number of rotatable bonds is 3. The number of likely N-dealkylation sites (tertiary alicyclic amines) is 1. The van der Waals surface area contributed by atoms with Crippen LogP contribution in [0.5, 0.6) is 0 Å². The largest absolute Gasteiger partial charge is 0.383 e. The Labute approximate surface area is 166 Å². The first kappa shape index (κ1) is 18.9. The number of β-amino-alcohol motifs (C(OH)–C–C–N with tert-alkyl or cyclic N) is 1. The molecule has 1 amide bonds. The van der Waals surface area contributed by atoms with Gasteiger partial charge in [0.15, 0.2) is 0 Å². The van der Waals surface area contributed by atoms with Crippen molar-refractivity contribution < 1.29 is 9.90 Å². The molecule has 1 unspecified atom stereocenters. The monoisotopic (exact) mass is 380 g/mol. The maximum atomic E-state index is 13.1. The first-order chi connectivity index (χ1) is 13.4. The highest BCUT2D eigenvalue weighted by atomic mass is 16.3. The highest BCUT2D eigenvalue weighted by molar-refractivity contribution is 5.93. The molecular weight excluding hydrogens is 352 g/mol. The lowest BCUT2D eigenvalue weighted by Crippen LogP contribution is -2.36. The van der Waals surface area contributed by atoms with Crippen LogP contribution in [0.3, 0.4) is 0 Å². The van der Waals surface area contributed by atoms with E-state index >= 15 is 0 Å². The second-order valence-corrected chi connectivity index (χ2v) is 8.12. The van der Waals surface area contributed by atoms with Crippen molar-refractivity contribution in [1.29, 1.82) is 0 Å². The molecule has 1 N–H and O–H groups in total. The lowest BCUT2D eigenvalue weighted by molar-refractivity contribution is 0.0415. The third-order valence-electron chi connectivity index (χ3n) is 5.82. The van der Waals surface area contributed by atoms with E-state index < -0.39 is 5.60 Å². The number of aliphatic hydroxyl groups is 1. The Morgan fingerprint density at radius 3 is 2.46 bits per heavy atom. The minimum Gasteiger partial charge on any atom is -0.383 e. The number of hydrogen-bond donors (Lipinski definition) is 1. The molecule has 2 saturated heterocycles. The molecule has 3 heterocycles. The Morgan fingerprint density at radius 2 is 1.75 bits per heavy atom. The molecule has 6 nitrogen and oxygen atoms in total. The number of carbonyl (C=O) groups is 1. The molecule has 2 fully saturated rings. The summed E-state index contributed by atoms with van der Waals surface area (Å²) in [4.78, 5) is 26.1. The van der Waals surface area contributed by atoms with Gasteiger partial charge in [-0.2, -0.15) is 0 Å². The predicted octanol–water partition coefficient (Wildman–Crippen LogP) is 2.82. The summed E-state index contributed by atoms with van der Waals surface area (Å²) in [5, 5.41) is 11.1. The van der Waals surface area contributed by atoms with Crippen molar-refractivity contribution >= 4 is 11.9 Å². The fourth-order valence-electron chi connectivity index (χ4n) is 4.13. The molecule has 1 atom stereocenters. The van der Waals surface area contributed by atoms with Crippen LogP contribution in [0, 0.1) is 13.8 Å². The smallest absolute Gasteiger partial charge is 0.272 e. The Hall–Kier alpha value is -2.47. The van der Waals surface area contributed by atoms with Crippen LogP contribution in [0.4, 0.5) is 5.95 Å². The Morgan fingerprint density at radius 1 is 1.04 bits per heavy atom. The fraction of sp³-hybridized carbons (Fsp3) is 0.500. The van der Waals surface area contributed by atoms with E-state index in [-0.39, 0.29) is 12.5 Å². The molecular formula is C22H28N4O2. The van der Waals surface area contributed by atoms with Gasteiger partial charge in [0.25, 0.3) is 5.91 Å². The van der Waals surface area contributed by atoms with Crippen molar-refractivity contribution in [3.63, 3.8) is 0 Å². The molecule has 2 aliphatic rings. The molecule has 0 radical (unpaired) electrons. The van der Waals surface area contributed by atoms with E-state index in [1.165, 1.54) is 6.42 Å². The second-order valence-electron chi connectivity index (χ2n) is 8.12. The molecule has 4 rings (SSSR count). The highest BCUT2D eigenvalue weighted by Crippen LogP contribution is 2.33. The van der Waals surface area contributed by atoms with Crippen molar-refractivity contribution in [2.75, 3.05) is 31.1 Å².